The van der Waals surface area contributed by atoms with Crippen molar-refractivity contribution in [2.75, 3.05) is 0 Å². The Kier molecular flexibility index (Phi) is 2.55. The maximum atomic E-state index is 9.47. The molecule has 0 atom stereocenters. The van der Waals surface area contributed by atoms with E-state index in [1.54, 1.807) is 25.1 Å². The number of benzene rings is 1. The molecule has 0 fully saturated rings. The number of aromatic nitrogens is 2. The minimum absolute atomic E-state index is 0.216. The molecule has 1 N–H and O–H groups in total. The van der Waals surface area contributed by atoms with Crippen molar-refractivity contribution in [3.8, 4) is 16.7 Å². The highest BCUT2D eigenvalue weighted by molar-refractivity contribution is 7.13. The number of aromatic hydroxyl groups is 1. The van der Waals surface area contributed by atoms with E-state index in [0.29, 0.717) is 16.5 Å². The fourth-order valence-corrected chi connectivity index (χ4v) is 1.67. The Morgan fingerprint density at radius 3 is 2.73 bits per heavy atom. The van der Waals surface area contributed by atoms with E-state index in [0.717, 1.165) is 5.01 Å². The predicted octanol–water partition coefficient (Wildman–Crippen LogP) is 2.65. The summed E-state index contributed by atoms with van der Waals surface area (Å²) in [6, 6.07) is 5.13. The molecule has 1 aromatic carbocycles. The van der Waals surface area contributed by atoms with Crippen LogP contribution >= 0.6 is 11.3 Å². The van der Waals surface area contributed by atoms with Gasteiger partial charge < -0.3 is 9.84 Å². The molecule has 0 amide bonds. The average molecular weight is 222 g/mol. The molecule has 0 saturated carbocycles. The van der Waals surface area contributed by atoms with Crippen LogP contribution in [0.1, 0.15) is 10.6 Å². The van der Waals surface area contributed by atoms with Crippen LogP contribution in [0, 0.1) is 13.8 Å². The minimum Gasteiger partial charge on any atom is -0.508 e. The quantitative estimate of drug-likeness (QED) is 0.848. The molecular weight excluding hydrogens is 212 g/mol. The molecule has 2 aromatic rings. The topological polar surface area (TPSA) is 55.2 Å². The zero-order valence-corrected chi connectivity index (χ0v) is 9.21. The van der Waals surface area contributed by atoms with Gasteiger partial charge in [0.05, 0.1) is 0 Å². The van der Waals surface area contributed by atoms with E-state index < -0.39 is 0 Å². The van der Waals surface area contributed by atoms with Gasteiger partial charge in [-0.2, -0.15) is 0 Å². The SMILES string of the molecule is Cc1nnc(Oc2cccc(O)c2C)s1. The number of hydrogen-bond acceptors (Lipinski definition) is 5. The standard InChI is InChI=1S/C10H10N2O2S/c1-6-8(13)4-3-5-9(6)14-10-12-11-7(2)15-10/h3-5,13H,1-2H3. The summed E-state index contributed by atoms with van der Waals surface area (Å²) < 4.78 is 5.50. The van der Waals surface area contributed by atoms with E-state index >= 15 is 0 Å². The van der Waals surface area contributed by atoms with Crippen LogP contribution in [-0.2, 0) is 0 Å². The lowest BCUT2D eigenvalue weighted by Crippen LogP contribution is -1.87. The summed E-state index contributed by atoms with van der Waals surface area (Å²) in [5, 5.41) is 18.5. The number of rotatable bonds is 2. The molecule has 0 aliphatic rings. The Hall–Kier alpha value is -1.62. The maximum absolute atomic E-state index is 9.47. The van der Waals surface area contributed by atoms with Gasteiger partial charge in [-0.05, 0) is 26.0 Å². The Labute approximate surface area is 91.2 Å². The Morgan fingerprint density at radius 1 is 1.27 bits per heavy atom. The number of ether oxygens (including phenoxy) is 1. The average Bonchev–Trinajstić information content (AvgIpc) is 2.59. The first kappa shape index (κ1) is 9.92. The number of phenols is 1. The van der Waals surface area contributed by atoms with Crippen molar-refractivity contribution in [1.29, 1.82) is 0 Å². The molecule has 0 aliphatic carbocycles. The van der Waals surface area contributed by atoms with Gasteiger partial charge in [0.2, 0.25) is 0 Å². The molecule has 0 saturated heterocycles. The highest BCUT2D eigenvalue weighted by Gasteiger charge is 2.07. The van der Waals surface area contributed by atoms with E-state index in [1.165, 1.54) is 11.3 Å². The van der Waals surface area contributed by atoms with Crippen molar-refractivity contribution in [3.63, 3.8) is 0 Å². The van der Waals surface area contributed by atoms with Crippen molar-refractivity contribution in [2.24, 2.45) is 0 Å². The Morgan fingerprint density at radius 2 is 2.07 bits per heavy atom. The Bertz CT molecular complexity index is 482. The second-order valence-electron chi connectivity index (χ2n) is 3.09. The van der Waals surface area contributed by atoms with Gasteiger partial charge in [0, 0.05) is 5.56 Å². The van der Waals surface area contributed by atoms with Crippen LogP contribution in [0.2, 0.25) is 0 Å². The normalized spacial score (nSPS) is 10.3. The highest BCUT2D eigenvalue weighted by Crippen LogP contribution is 2.31. The second kappa shape index (κ2) is 3.86. The van der Waals surface area contributed by atoms with Gasteiger partial charge in [0.1, 0.15) is 16.5 Å². The lowest BCUT2D eigenvalue weighted by Gasteiger charge is -2.05. The number of hydrogen-bond donors (Lipinski definition) is 1. The number of phenolic OH excluding ortho intramolecular Hbond substituents is 1. The summed E-state index contributed by atoms with van der Waals surface area (Å²) in [5.41, 5.74) is 0.699. The molecule has 0 spiro atoms. The van der Waals surface area contributed by atoms with Crippen molar-refractivity contribution in [3.05, 3.63) is 28.8 Å². The van der Waals surface area contributed by atoms with E-state index in [1.807, 2.05) is 6.92 Å². The zero-order chi connectivity index (χ0) is 10.8. The largest absolute Gasteiger partial charge is 0.508 e. The van der Waals surface area contributed by atoms with E-state index in [9.17, 15) is 5.11 Å². The molecule has 1 heterocycles. The van der Waals surface area contributed by atoms with Crippen LogP contribution in [0.25, 0.3) is 0 Å². The van der Waals surface area contributed by atoms with Gasteiger partial charge in [-0.1, -0.05) is 22.5 Å². The molecule has 2 rings (SSSR count). The van der Waals surface area contributed by atoms with E-state index in [-0.39, 0.29) is 5.75 Å². The highest BCUT2D eigenvalue weighted by atomic mass is 32.1. The van der Waals surface area contributed by atoms with Crippen LogP contribution in [0.5, 0.6) is 16.7 Å². The molecule has 0 radical (unpaired) electrons. The third-order valence-corrected chi connectivity index (χ3v) is 2.68. The molecule has 0 aliphatic heterocycles. The second-order valence-corrected chi connectivity index (χ2v) is 4.23. The van der Waals surface area contributed by atoms with Gasteiger partial charge in [-0.3, -0.25) is 0 Å². The van der Waals surface area contributed by atoms with E-state index in [2.05, 4.69) is 10.2 Å². The fourth-order valence-electron chi connectivity index (χ4n) is 1.13. The lowest BCUT2D eigenvalue weighted by atomic mass is 10.2. The lowest BCUT2D eigenvalue weighted by molar-refractivity contribution is 0.444. The maximum Gasteiger partial charge on any atom is 0.299 e. The predicted molar refractivity (Wildman–Crippen MR) is 57.6 cm³/mol. The van der Waals surface area contributed by atoms with Crippen LogP contribution < -0.4 is 4.74 Å². The molecule has 0 unspecified atom stereocenters. The van der Waals surface area contributed by atoms with Gasteiger partial charge >= 0.3 is 0 Å². The van der Waals surface area contributed by atoms with Gasteiger partial charge in [0.25, 0.3) is 5.19 Å². The minimum atomic E-state index is 0.216. The Balaban J connectivity index is 2.28. The fraction of sp³-hybridized carbons (Fsp3) is 0.200. The molecule has 15 heavy (non-hydrogen) atoms. The molecule has 5 heteroatoms. The molecule has 1 aromatic heterocycles. The van der Waals surface area contributed by atoms with Gasteiger partial charge in [-0.15, -0.1) is 5.10 Å². The first-order valence-electron chi connectivity index (χ1n) is 4.43. The third kappa shape index (κ3) is 2.07. The van der Waals surface area contributed by atoms with Crippen LogP contribution in [0.3, 0.4) is 0 Å². The van der Waals surface area contributed by atoms with Crippen LogP contribution in [0.4, 0.5) is 0 Å². The summed E-state index contributed by atoms with van der Waals surface area (Å²) in [4.78, 5) is 0. The summed E-state index contributed by atoms with van der Waals surface area (Å²) in [5.74, 6) is 0.819. The summed E-state index contributed by atoms with van der Waals surface area (Å²) in [7, 11) is 0. The van der Waals surface area contributed by atoms with Crippen molar-refractivity contribution < 1.29 is 9.84 Å². The number of aryl methyl sites for hydroxylation is 1. The molecule has 0 bridgehead atoms. The molecular formula is C10H10N2O2S. The van der Waals surface area contributed by atoms with Crippen molar-refractivity contribution >= 4 is 11.3 Å². The van der Waals surface area contributed by atoms with Crippen LogP contribution in [-0.4, -0.2) is 15.3 Å². The first-order valence-corrected chi connectivity index (χ1v) is 5.25. The van der Waals surface area contributed by atoms with Crippen molar-refractivity contribution in [1.82, 2.24) is 10.2 Å². The number of nitrogens with zero attached hydrogens (tertiary/aromatic N) is 2. The van der Waals surface area contributed by atoms with Gasteiger partial charge in [-0.25, -0.2) is 0 Å². The van der Waals surface area contributed by atoms with E-state index in [4.69, 9.17) is 4.74 Å². The summed E-state index contributed by atoms with van der Waals surface area (Å²) in [6.45, 7) is 3.65. The molecule has 4 nitrogen and oxygen atoms in total. The smallest absolute Gasteiger partial charge is 0.299 e. The monoisotopic (exact) mass is 222 g/mol. The zero-order valence-electron chi connectivity index (χ0n) is 8.39. The summed E-state index contributed by atoms with van der Waals surface area (Å²) >= 11 is 1.37. The molecule has 78 valence electrons. The van der Waals surface area contributed by atoms with Crippen LogP contribution in [0.15, 0.2) is 18.2 Å². The van der Waals surface area contributed by atoms with Crippen molar-refractivity contribution in [2.45, 2.75) is 13.8 Å². The third-order valence-electron chi connectivity index (χ3n) is 1.96. The summed E-state index contributed by atoms with van der Waals surface area (Å²) in [6.07, 6.45) is 0. The van der Waals surface area contributed by atoms with Gasteiger partial charge in [0.15, 0.2) is 0 Å². The first-order chi connectivity index (χ1) is 7.16.